The number of anilines is 1. The largest absolute Gasteiger partial charge is 0.486 e. The van der Waals surface area contributed by atoms with Crippen LogP contribution < -0.4 is 19.1 Å². The van der Waals surface area contributed by atoms with Crippen molar-refractivity contribution in [2.24, 2.45) is 0 Å². The summed E-state index contributed by atoms with van der Waals surface area (Å²) >= 11 is 0. The Balaban J connectivity index is 1.53. The van der Waals surface area contributed by atoms with Gasteiger partial charge in [0.2, 0.25) is 10.0 Å². The number of rotatable bonds is 4. The van der Waals surface area contributed by atoms with Crippen LogP contribution in [0.3, 0.4) is 0 Å². The second-order valence-electron chi connectivity index (χ2n) is 6.52. The maximum Gasteiger partial charge on any atom is 0.244 e. The molecule has 1 atom stereocenters. The van der Waals surface area contributed by atoms with Crippen molar-refractivity contribution < 1.29 is 17.9 Å². The van der Waals surface area contributed by atoms with E-state index in [-0.39, 0.29) is 10.9 Å². The Kier molecular flexibility index (Phi) is 4.74. The molecule has 0 bridgehead atoms. The molecule has 0 amide bonds. The van der Waals surface area contributed by atoms with Crippen molar-refractivity contribution in [1.29, 1.82) is 0 Å². The SMILES string of the molecule is O=S(=O)(N[C@H]1CCCN(c2ccccc2)C1)c1cccc2c1OCCO2. The van der Waals surface area contributed by atoms with E-state index in [4.69, 9.17) is 9.47 Å². The summed E-state index contributed by atoms with van der Waals surface area (Å²) < 4.78 is 39.8. The molecule has 2 aliphatic rings. The summed E-state index contributed by atoms with van der Waals surface area (Å²) in [5.74, 6) is 0.788. The Morgan fingerprint density at radius 1 is 1.00 bits per heavy atom. The fraction of sp³-hybridized carbons (Fsp3) is 0.368. The number of fused-ring (bicyclic) bond motifs is 1. The van der Waals surface area contributed by atoms with Crippen molar-refractivity contribution in [2.75, 3.05) is 31.2 Å². The van der Waals surface area contributed by atoms with E-state index in [1.54, 1.807) is 18.2 Å². The van der Waals surface area contributed by atoms with Crippen LogP contribution in [0.4, 0.5) is 5.69 Å². The molecule has 0 saturated carbocycles. The van der Waals surface area contributed by atoms with Gasteiger partial charge in [-0.1, -0.05) is 24.3 Å². The van der Waals surface area contributed by atoms with Crippen molar-refractivity contribution in [3.05, 3.63) is 48.5 Å². The zero-order valence-corrected chi connectivity index (χ0v) is 15.2. The zero-order chi connectivity index (χ0) is 18.0. The number of hydrogen-bond acceptors (Lipinski definition) is 5. The molecule has 138 valence electrons. The lowest BCUT2D eigenvalue weighted by Crippen LogP contribution is -2.47. The minimum absolute atomic E-state index is 0.144. The van der Waals surface area contributed by atoms with Gasteiger partial charge in [0.05, 0.1) is 0 Å². The molecule has 0 unspecified atom stereocenters. The quantitative estimate of drug-likeness (QED) is 0.890. The standard InChI is InChI=1S/C19H22N2O4S/c22-26(23,18-10-4-9-17-19(18)25-13-12-24-17)20-15-6-5-11-21(14-15)16-7-2-1-3-8-16/h1-4,7-10,15,20H,5-6,11-14H2/t15-/m0/s1. The number of sulfonamides is 1. The van der Waals surface area contributed by atoms with E-state index >= 15 is 0 Å². The average molecular weight is 374 g/mol. The number of piperidine rings is 1. The van der Waals surface area contributed by atoms with Gasteiger partial charge in [-0.05, 0) is 37.1 Å². The van der Waals surface area contributed by atoms with E-state index in [1.165, 1.54) is 0 Å². The van der Waals surface area contributed by atoms with E-state index in [1.807, 2.05) is 18.2 Å². The van der Waals surface area contributed by atoms with Gasteiger partial charge >= 0.3 is 0 Å². The molecule has 0 aliphatic carbocycles. The third-order valence-corrected chi connectivity index (χ3v) is 6.23. The number of benzene rings is 2. The summed E-state index contributed by atoms with van der Waals surface area (Å²) in [4.78, 5) is 2.36. The molecule has 6 nitrogen and oxygen atoms in total. The average Bonchev–Trinajstić information content (AvgIpc) is 2.68. The van der Waals surface area contributed by atoms with Gasteiger partial charge in [-0.2, -0.15) is 0 Å². The highest BCUT2D eigenvalue weighted by Crippen LogP contribution is 2.36. The predicted molar refractivity (Wildman–Crippen MR) is 99.4 cm³/mol. The third-order valence-electron chi connectivity index (χ3n) is 4.68. The number of nitrogens with zero attached hydrogens (tertiary/aromatic N) is 1. The fourth-order valence-electron chi connectivity index (χ4n) is 3.49. The molecule has 26 heavy (non-hydrogen) atoms. The number of nitrogens with one attached hydrogen (secondary N) is 1. The van der Waals surface area contributed by atoms with Crippen LogP contribution in [0, 0.1) is 0 Å². The Morgan fingerprint density at radius 3 is 2.65 bits per heavy atom. The molecule has 2 heterocycles. The normalized spacial score (nSPS) is 20.0. The van der Waals surface area contributed by atoms with Crippen LogP contribution in [0.1, 0.15) is 12.8 Å². The number of hydrogen-bond donors (Lipinski definition) is 1. The number of para-hydroxylation sites is 2. The molecule has 1 saturated heterocycles. The van der Waals surface area contributed by atoms with Gasteiger partial charge in [-0.15, -0.1) is 0 Å². The summed E-state index contributed by atoms with van der Waals surface area (Å²) in [5, 5.41) is 0. The zero-order valence-electron chi connectivity index (χ0n) is 14.4. The molecule has 2 aromatic carbocycles. The molecule has 7 heteroatoms. The van der Waals surface area contributed by atoms with Crippen molar-refractivity contribution in [1.82, 2.24) is 4.72 Å². The summed E-state index contributed by atoms with van der Waals surface area (Å²) in [6, 6.07) is 14.9. The van der Waals surface area contributed by atoms with Gasteiger partial charge in [0.25, 0.3) is 0 Å². The molecular weight excluding hydrogens is 352 g/mol. The van der Waals surface area contributed by atoms with Crippen molar-refractivity contribution in [2.45, 2.75) is 23.8 Å². The Labute approximate surface area is 153 Å². The third kappa shape index (κ3) is 3.50. The first-order chi connectivity index (χ1) is 12.6. The van der Waals surface area contributed by atoms with Crippen molar-refractivity contribution in [3.8, 4) is 11.5 Å². The molecule has 0 aromatic heterocycles. The Hall–Kier alpha value is -2.25. The first-order valence-electron chi connectivity index (χ1n) is 8.84. The first-order valence-corrected chi connectivity index (χ1v) is 10.3. The van der Waals surface area contributed by atoms with Crippen LogP contribution in [-0.4, -0.2) is 40.8 Å². The minimum Gasteiger partial charge on any atom is -0.486 e. The van der Waals surface area contributed by atoms with Gasteiger partial charge in [0, 0.05) is 24.8 Å². The van der Waals surface area contributed by atoms with Crippen LogP contribution in [-0.2, 0) is 10.0 Å². The second kappa shape index (κ2) is 7.17. The van der Waals surface area contributed by atoms with Crippen molar-refractivity contribution in [3.63, 3.8) is 0 Å². The van der Waals surface area contributed by atoms with Gasteiger partial charge in [-0.3, -0.25) is 0 Å². The molecule has 2 aromatic rings. The van der Waals surface area contributed by atoms with Gasteiger partial charge in [0.1, 0.15) is 18.1 Å². The molecular formula is C19H22N2O4S. The highest BCUT2D eigenvalue weighted by atomic mass is 32.2. The van der Waals surface area contributed by atoms with E-state index in [0.717, 1.165) is 25.1 Å². The van der Waals surface area contributed by atoms with Crippen LogP contribution >= 0.6 is 0 Å². The van der Waals surface area contributed by atoms with Gasteiger partial charge in [-0.25, -0.2) is 13.1 Å². The molecule has 0 spiro atoms. The molecule has 2 aliphatic heterocycles. The van der Waals surface area contributed by atoms with E-state index in [0.29, 0.717) is 31.3 Å². The monoisotopic (exact) mass is 374 g/mol. The lowest BCUT2D eigenvalue weighted by atomic mass is 10.1. The van der Waals surface area contributed by atoms with Crippen LogP contribution in [0.25, 0.3) is 0 Å². The molecule has 1 N–H and O–H groups in total. The number of ether oxygens (including phenoxy) is 2. The first kappa shape index (κ1) is 17.2. The summed E-state index contributed by atoms with van der Waals surface area (Å²) in [6.07, 6.45) is 1.75. The smallest absolute Gasteiger partial charge is 0.244 e. The highest BCUT2D eigenvalue weighted by molar-refractivity contribution is 7.89. The lowest BCUT2D eigenvalue weighted by Gasteiger charge is -2.34. The second-order valence-corrected chi connectivity index (χ2v) is 8.20. The van der Waals surface area contributed by atoms with E-state index in [2.05, 4.69) is 21.8 Å². The highest BCUT2D eigenvalue weighted by Gasteiger charge is 2.29. The predicted octanol–water partition coefficient (Wildman–Crippen LogP) is 2.41. The maximum atomic E-state index is 13.0. The van der Waals surface area contributed by atoms with E-state index in [9.17, 15) is 8.42 Å². The lowest BCUT2D eigenvalue weighted by molar-refractivity contribution is 0.167. The summed E-state index contributed by atoms with van der Waals surface area (Å²) in [5.41, 5.74) is 1.12. The van der Waals surface area contributed by atoms with Crippen LogP contribution in [0.15, 0.2) is 53.4 Å². The topological polar surface area (TPSA) is 67.9 Å². The maximum absolute atomic E-state index is 13.0. The van der Waals surface area contributed by atoms with Crippen molar-refractivity contribution >= 4 is 15.7 Å². The molecule has 1 fully saturated rings. The minimum atomic E-state index is -3.69. The van der Waals surface area contributed by atoms with E-state index < -0.39 is 10.0 Å². The molecule has 0 radical (unpaired) electrons. The van der Waals surface area contributed by atoms with Crippen LogP contribution in [0.5, 0.6) is 11.5 Å². The van der Waals surface area contributed by atoms with Gasteiger partial charge in [0.15, 0.2) is 11.5 Å². The molecule has 4 rings (SSSR count). The Morgan fingerprint density at radius 2 is 1.81 bits per heavy atom. The summed E-state index contributed by atoms with van der Waals surface area (Å²) in [7, 11) is -3.69. The Bertz CT molecular complexity index is 870. The van der Waals surface area contributed by atoms with Crippen LogP contribution in [0.2, 0.25) is 0 Å². The van der Waals surface area contributed by atoms with Gasteiger partial charge < -0.3 is 14.4 Å². The summed E-state index contributed by atoms with van der Waals surface area (Å²) in [6.45, 7) is 2.36. The fourth-order valence-corrected chi connectivity index (χ4v) is 4.91.